The number of allylic oxidation sites excluding steroid dienone is 1. The summed E-state index contributed by atoms with van der Waals surface area (Å²) >= 11 is 0. The van der Waals surface area contributed by atoms with Crippen molar-refractivity contribution >= 4 is 17.3 Å². The van der Waals surface area contributed by atoms with E-state index in [9.17, 15) is 4.79 Å². The van der Waals surface area contributed by atoms with E-state index in [1.54, 1.807) is 0 Å². The van der Waals surface area contributed by atoms with E-state index in [1.165, 1.54) is 20.0 Å². The molecule has 3 atom stereocenters. The molecule has 1 fully saturated rings. The highest BCUT2D eigenvalue weighted by Crippen LogP contribution is 2.44. The summed E-state index contributed by atoms with van der Waals surface area (Å²) in [5.74, 6) is 1.39. The van der Waals surface area contributed by atoms with Crippen LogP contribution in [0.2, 0.25) is 0 Å². The molecule has 0 aromatic heterocycles. The second-order valence-corrected chi connectivity index (χ2v) is 5.55. The Morgan fingerprint density at radius 2 is 2.25 bits per heavy atom. The monoisotopic (exact) mass is 272 g/mol. The molecule has 2 aliphatic carbocycles. The Bertz CT molecular complexity index is 527. The van der Waals surface area contributed by atoms with Gasteiger partial charge in [0.2, 0.25) is 5.91 Å². The van der Waals surface area contributed by atoms with Gasteiger partial charge in [-0.15, -0.1) is 0 Å². The summed E-state index contributed by atoms with van der Waals surface area (Å²) in [6.07, 6.45) is 7.09. The van der Waals surface area contributed by atoms with Gasteiger partial charge >= 0.3 is 0 Å². The van der Waals surface area contributed by atoms with Crippen molar-refractivity contribution in [1.29, 1.82) is 0 Å². The number of hydrogen-bond acceptors (Lipinski definition) is 3. The first kappa shape index (κ1) is 13.2. The first-order chi connectivity index (χ1) is 9.76. The lowest BCUT2D eigenvalue weighted by atomic mass is 9.71. The van der Waals surface area contributed by atoms with Gasteiger partial charge in [-0.2, -0.15) is 0 Å². The minimum atomic E-state index is -0.132. The van der Waals surface area contributed by atoms with Gasteiger partial charge in [0.05, 0.1) is 0 Å². The molecule has 1 amide bonds. The SMILES string of the molecule is COCC(=O)Nc1cccc(NC2CC3CC=CC32)c1. The zero-order chi connectivity index (χ0) is 13.9. The van der Waals surface area contributed by atoms with Gasteiger partial charge in [-0.3, -0.25) is 4.79 Å². The van der Waals surface area contributed by atoms with E-state index in [1.807, 2.05) is 24.3 Å². The average molecular weight is 272 g/mol. The molecule has 1 aromatic rings. The fourth-order valence-corrected chi connectivity index (χ4v) is 3.11. The van der Waals surface area contributed by atoms with Crippen LogP contribution in [-0.4, -0.2) is 25.7 Å². The number of ether oxygens (including phenoxy) is 1. The minimum absolute atomic E-state index is 0.0782. The number of rotatable bonds is 5. The Morgan fingerprint density at radius 1 is 1.40 bits per heavy atom. The van der Waals surface area contributed by atoms with Crippen molar-refractivity contribution in [3.05, 3.63) is 36.4 Å². The van der Waals surface area contributed by atoms with Crippen molar-refractivity contribution in [3.63, 3.8) is 0 Å². The minimum Gasteiger partial charge on any atom is -0.382 e. The maximum Gasteiger partial charge on any atom is 0.250 e. The van der Waals surface area contributed by atoms with Crippen LogP contribution in [-0.2, 0) is 9.53 Å². The van der Waals surface area contributed by atoms with Crippen LogP contribution in [0.25, 0.3) is 0 Å². The molecule has 2 aliphatic rings. The van der Waals surface area contributed by atoms with Crippen molar-refractivity contribution in [2.75, 3.05) is 24.4 Å². The highest BCUT2D eigenvalue weighted by Gasteiger charge is 2.40. The number of methoxy groups -OCH3 is 1. The highest BCUT2D eigenvalue weighted by molar-refractivity contribution is 5.92. The van der Waals surface area contributed by atoms with Crippen molar-refractivity contribution in [3.8, 4) is 0 Å². The number of fused-ring (bicyclic) bond motifs is 1. The van der Waals surface area contributed by atoms with Crippen LogP contribution in [0.4, 0.5) is 11.4 Å². The van der Waals surface area contributed by atoms with Gasteiger partial charge < -0.3 is 15.4 Å². The number of nitrogens with one attached hydrogen (secondary N) is 2. The number of carbonyl (C=O) groups is 1. The van der Waals surface area contributed by atoms with Crippen LogP contribution in [0.3, 0.4) is 0 Å². The van der Waals surface area contributed by atoms with Crippen molar-refractivity contribution < 1.29 is 9.53 Å². The highest BCUT2D eigenvalue weighted by atomic mass is 16.5. The predicted octanol–water partition coefficient (Wildman–Crippen LogP) is 2.65. The molecule has 4 nitrogen and oxygen atoms in total. The molecule has 1 saturated carbocycles. The van der Waals surface area contributed by atoms with Gasteiger partial charge in [-0.05, 0) is 37.0 Å². The second-order valence-electron chi connectivity index (χ2n) is 5.55. The third-order valence-electron chi connectivity index (χ3n) is 4.14. The summed E-state index contributed by atoms with van der Waals surface area (Å²) in [6, 6.07) is 8.38. The van der Waals surface area contributed by atoms with Crippen molar-refractivity contribution in [2.45, 2.75) is 18.9 Å². The molecule has 3 unspecified atom stereocenters. The van der Waals surface area contributed by atoms with Gasteiger partial charge in [0.25, 0.3) is 0 Å². The molecule has 2 N–H and O–H groups in total. The molecule has 3 rings (SSSR count). The van der Waals surface area contributed by atoms with Gasteiger partial charge in [-0.1, -0.05) is 18.2 Å². The lowest BCUT2D eigenvalue weighted by Gasteiger charge is -2.41. The van der Waals surface area contributed by atoms with Gasteiger partial charge in [-0.25, -0.2) is 0 Å². The summed E-state index contributed by atoms with van der Waals surface area (Å²) in [6.45, 7) is 0.0782. The topological polar surface area (TPSA) is 50.4 Å². The number of benzene rings is 1. The fourth-order valence-electron chi connectivity index (χ4n) is 3.11. The third kappa shape index (κ3) is 2.70. The Morgan fingerprint density at radius 3 is 3.05 bits per heavy atom. The Hall–Kier alpha value is -1.81. The first-order valence-corrected chi connectivity index (χ1v) is 7.08. The zero-order valence-corrected chi connectivity index (χ0v) is 11.6. The van der Waals surface area contributed by atoms with E-state index in [-0.39, 0.29) is 12.5 Å². The first-order valence-electron chi connectivity index (χ1n) is 7.08. The zero-order valence-electron chi connectivity index (χ0n) is 11.6. The van der Waals surface area contributed by atoms with E-state index in [2.05, 4.69) is 22.8 Å². The molecule has 1 aromatic carbocycles. The lowest BCUT2D eigenvalue weighted by molar-refractivity contribution is -0.119. The molecule has 0 heterocycles. The van der Waals surface area contributed by atoms with Crippen LogP contribution in [0, 0.1) is 11.8 Å². The van der Waals surface area contributed by atoms with Crippen LogP contribution in [0.5, 0.6) is 0 Å². The molecular formula is C16H20N2O2. The Balaban J connectivity index is 1.60. The van der Waals surface area contributed by atoms with E-state index >= 15 is 0 Å². The Labute approximate surface area is 119 Å². The van der Waals surface area contributed by atoms with Crippen molar-refractivity contribution in [1.82, 2.24) is 0 Å². The number of carbonyl (C=O) groups excluding carboxylic acids is 1. The smallest absolute Gasteiger partial charge is 0.250 e. The molecule has 0 radical (unpaired) electrons. The number of amides is 1. The summed E-state index contributed by atoms with van der Waals surface area (Å²) in [7, 11) is 1.51. The number of anilines is 2. The van der Waals surface area contributed by atoms with E-state index < -0.39 is 0 Å². The van der Waals surface area contributed by atoms with E-state index in [0.717, 1.165) is 17.3 Å². The van der Waals surface area contributed by atoms with Gasteiger partial charge in [0, 0.05) is 30.4 Å². The normalized spacial score (nSPS) is 26.8. The van der Waals surface area contributed by atoms with E-state index in [4.69, 9.17) is 4.74 Å². The third-order valence-corrected chi connectivity index (χ3v) is 4.14. The molecule has 20 heavy (non-hydrogen) atoms. The lowest BCUT2D eigenvalue weighted by Crippen LogP contribution is -2.43. The summed E-state index contributed by atoms with van der Waals surface area (Å²) in [4.78, 5) is 11.5. The molecule has 0 spiro atoms. The maximum atomic E-state index is 11.5. The molecule has 106 valence electrons. The quantitative estimate of drug-likeness (QED) is 0.810. The largest absolute Gasteiger partial charge is 0.382 e. The van der Waals surface area contributed by atoms with Crippen LogP contribution in [0.15, 0.2) is 36.4 Å². The van der Waals surface area contributed by atoms with Gasteiger partial charge in [0.15, 0.2) is 0 Å². The average Bonchev–Trinajstić information content (AvgIpc) is 2.78. The summed E-state index contributed by atoms with van der Waals surface area (Å²) in [5.41, 5.74) is 1.86. The summed E-state index contributed by atoms with van der Waals surface area (Å²) in [5, 5.41) is 6.38. The standard InChI is InChI=1S/C16H20N2O2/c1-20-10-16(19)18-13-6-3-5-12(9-13)17-15-8-11-4-2-7-14(11)15/h2-3,5-7,9,11,14-15,17H,4,8,10H2,1H3,(H,18,19). The molecule has 0 aliphatic heterocycles. The fraction of sp³-hybridized carbons (Fsp3) is 0.438. The Kier molecular flexibility index (Phi) is 3.74. The molecule has 0 saturated heterocycles. The predicted molar refractivity (Wildman–Crippen MR) is 79.7 cm³/mol. The van der Waals surface area contributed by atoms with Crippen LogP contribution < -0.4 is 10.6 Å². The maximum absolute atomic E-state index is 11.5. The molecular weight excluding hydrogens is 252 g/mol. The van der Waals surface area contributed by atoms with Crippen LogP contribution >= 0.6 is 0 Å². The molecule has 4 heteroatoms. The van der Waals surface area contributed by atoms with Crippen LogP contribution in [0.1, 0.15) is 12.8 Å². The van der Waals surface area contributed by atoms with Crippen molar-refractivity contribution in [2.24, 2.45) is 11.8 Å². The summed E-state index contributed by atoms with van der Waals surface area (Å²) < 4.78 is 4.81. The van der Waals surface area contributed by atoms with E-state index in [0.29, 0.717) is 12.0 Å². The molecule has 0 bridgehead atoms. The second kappa shape index (κ2) is 5.67. The van der Waals surface area contributed by atoms with Gasteiger partial charge in [0.1, 0.15) is 6.61 Å². The number of hydrogen-bond donors (Lipinski definition) is 2.